The van der Waals surface area contributed by atoms with Crippen LogP contribution in [-0.4, -0.2) is 38.7 Å². The van der Waals surface area contributed by atoms with Crippen LogP contribution in [0, 0.1) is 18.7 Å². The van der Waals surface area contributed by atoms with Crippen molar-refractivity contribution >= 4 is 28.9 Å². The third kappa shape index (κ3) is 5.99. The van der Waals surface area contributed by atoms with Crippen molar-refractivity contribution in [2.24, 2.45) is 5.92 Å². The van der Waals surface area contributed by atoms with Gasteiger partial charge in [-0.25, -0.2) is 9.97 Å². The number of halogens is 1. The number of benzene rings is 1. The number of thiazole rings is 1. The van der Waals surface area contributed by atoms with Crippen LogP contribution in [0.2, 0.25) is 0 Å². The van der Waals surface area contributed by atoms with Crippen LogP contribution in [0.4, 0.5) is 16.0 Å². The van der Waals surface area contributed by atoms with E-state index in [4.69, 9.17) is 9.47 Å². The number of hydrogen-bond acceptors (Lipinski definition) is 9. The van der Waals surface area contributed by atoms with Gasteiger partial charge >= 0.3 is 5.97 Å². The fourth-order valence-corrected chi connectivity index (χ4v) is 5.28. The highest BCUT2D eigenvalue weighted by molar-refractivity contribution is 7.15. The predicted octanol–water partition coefficient (Wildman–Crippen LogP) is 5.52. The van der Waals surface area contributed by atoms with Gasteiger partial charge < -0.3 is 19.9 Å². The average molecular weight is 515 g/mol. The molecule has 1 fully saturated rings. The van der Waals surface area contributed by atoms with Crippen molar-refractivity contribution in [1.82, 2.24) is 15.0 Å². The standard InChI is InChI=1S/C26H31FN4O4S/c1-15-10-17(12-18(11-15)30-24-29-13-19(27)21(31-24)34-5)20-14-28-23(36-20)26(33)8-6-16(7-9-26)22(32)35-25(2,3)4/h10-14,16,33H,6-9H2,1-5H3,(H,29,30,31). The Morgan fingerprint density at radius 3 is 2.58 bits per heavy atom. The van der Waals surface area contributed by atoms with Crippen molar-refractivity contribution < 1.29 is 23.8 Å². The van der Waals surface area contributed by atoms with Crippen LogP contribution in [0.3, 0.4) is 0 Å². The summed E-state index contributed by atoms with van der Waals surface area (Å²) in [5.41, 5.74) is 1.05. The third-order valence-electron chi connectivity index (χ3n) is 5.98. The van der Waals surface area contributed by atoms with E-state index in [2.05, 4.69) is 20.3 Å². The van der Waals surface area contributed by atoms with Gasteiger partial charge in [-0.15, -0.1) is 11.3 Å². The minimum Gasteiger partial charge on any atom is -0.479 e. The topological polar surface area (TPSA) is 106 Å². The minimum absolute atomic E-state index is 0.137. The summed E-state index contributed by atoms with van der Waals surface area (Å²) in [6.07, 6.45) is 4.83. The molecule has 0 spiro atoms. The molecule has 1 aliphatic carbocycles. The highest BCUT2D eigenvalue weighted by Crippen LogP contribution is 2.43. The van der Waals surface area contributed by atoms with Crippen molar-refractivity contribution in [1.29, 1.82) is 0 Å². The number of rotatable bonds is 6. The second-order valence-electron chi connectivity index (χ2n) is 10.1. The molecule has 1 saturated carbocycles. The molecule has 0 radical (unpaired) electrons. The fraction of sp³-hybridized carbons (Fsp3) is 0.462. The van der Waals surface area contributed by atoms with E-state index in [9.17, 15) is 14.3 Å². The van der Waals surface area contributed by atoms with Gasteiger partial charge in [0.05, 0.1) is 24.1 Å². The Kier molecular flexibility index (Phi) is 7.28. The van der Waals surface area contributed by atoms with Crippen LogP contribution < -0.4 is 10.1 Å². The molecule has 0 aliphatic heterocycles. The summed E-state index contributed by atoms with van der Waals surface area (Å²) in [5, 5.41) is 15.1. The number of carbonyl (C=O) groups is 1. The first-order valence-corrected chi connectivity index (χ1v) is 12.6. The van der Waals surface area contributed by atoms with Crippen molar-refractivity contribution in [2.45, 2.75) is 64.6 Å². The molecule has 36 heavy (non-hydrogen) atoms. The van der Waals surface area contributed by atoms with Gasteiger partial charge in [0, 0.05) is 11.9 Å². The number of hydrogen-bond donors (Lipinski definition) is 2. The first-order valence-electron chi connectivity index (χ1n) is 11.8. The van der Waals surface area contributed by atoms with Gasteiger partial charge in [0.25, 0.3) is 5.88 Å². The number of ether oxygens (including phenoxy) is 2. The Bertz CT molecular complexity index is 1250. The quantitative estimate of drug-likeness (QED) is 0.414. The number of anilines is 2. The Morgan fingerprint density at radius 1 is 1.19 bits per heavy atom. The van der Waals surface area contributed by atoms with Gasteiger partial charge in [0.1, 0.15) is 16.2 Å². The van der Waals surface area contributed by atoms with Crippen molar-refractivity contribution in [3.05, 3.63) is 47.0 Å². The monoisotopic (exact) mass is 514 g/mol. The lowest BCUT2D eigenvalue weighted by Gasteiger charge is -2.34. The Hall–Kier alpha value is -3.11. The van der Waals surface area contributed by atoms with Crippen LogP contribution in [0.15, 0.2) is 30.6 Å². The van der Waals surface area contributed by atoms with E-state index in [1.165, 1.54) is 18.4 Å². The van der Waals surface area contributed by atoms with Crippen LogP contribution >= 0.6 is 11.3 Å². The van der Waals surface area contributed by atoms with E-state index in [0.29, 0.717) is 30.7 Å². The number of esters is 1. The highest BCUT2D eigenvalue weighted by atomic mass is 32.1. The number of aryl methyl sites for hydroxylation is 1. The molecule has 1 aromatic carbocycles. The fourth-order valence-electron chi connectivity index (χ4n) is 4.23. The Labute approximate surface area is 213 Å². The number of methoxy groups -OCH3 is 1. The molecule has 0 atom stereocenters. The molecule has 0 amide bonds. The summed E-state index contributed by atoms with van der Waals surface area (Å²) in [5.74, 6) is -0.968. The normalized spacial score (nSPS) is 20.1. The number of carbonyl (C=O) groups excluding carboxylic acids is 1. The van der Waals surface area contributed by atoms with Crippen LogP contribution in [0.25, 0.3) is 10.4 Å². The largest absolute Gasteiger partial charge is 0.479 e. The minimum atomic E-state index is -1.06. The number of aromatic nitrogens is 3. The van der Waals surface area contributed by atoms with Crippen molar-refractivity contribution in [3.8, 4) is 16.3 Å². The maximum Gasteiger partial charge on any atom is 0.309 e. The lowest BCUT2D eigenvalue weighted by atomic mass is 9.79. The number of nitrogens with zero attached hydrogens (tertiary/aromatic N) is 3. The molecular formula is C26H31FN4O4S. The first-order chi connectivity index (χ1) is 17.0. The van der Waals surface area contributed by atoms with Gasteiger partial charge in [-0.1, -0.05) is 6.07 Å². The molecular weight excluding hydrogens is 483 g/mol. The van der Waals surface area contributed by atoms with Crippen LogP contribution in [-0.2, 0) is 15.1 Å². The summed E-state index contributed by atoms with van der Waals surface area (Å²) in [7, 11) is 1.35. The third-order valence-corrected chi connectivity index (χ3v) is 7.22. The lowest BCUT2D eigenvalue weighted by Crippen LogP contribution is -2.36. The van der Waals surface area contributed by atoms with E-state index >= 15 is 0 Å². The number of aliphatic hydroxyl groups is 1. The van der Waals surface area contributed by atoms with Crippen molar-refractivity contribution in [3.63, 3.8) is 0 Å². The van der Waals surface area contributed by atoms with Gasteiger partial charge in [0.15, 0.2) is 0 Å². The van der Waals surface area contributed by atoms with E-state index in [0.717, 1.165) is 27.9 Å². The predicted molar refractivity (Wildman–Crippen MR) is 136 cm³/mol. The maximum atomic E-state index is 13.6. The highest BCUT2D eigenvalue weighted by Gasteiger charge is 2.40. The maximum absolute atomic E-state index is 13.6. The van der Waals surface area contributed by atoms with E-state index in [1.807, 2.05) is 45.9 Å². The second kappa shape index (κ2) is 10.1. The first kappa shape index (κ1) is 26.0. The molecule has 1 aliphatic rings. The molecule has 0 saturated heterocycles. The summed E-state index contributed by atoms with van der Waals surface area (Å²) >= 11 is 1.44. The Balaban J connectivity index is 1.49. The summed E-state index contributed by atoms with van der Waals surface area (Å²) in [4.78, 5) is 25.9. The van der Waals surface area contributed by atoms with E-state index in [1.54, 1.807) is 6.20 Å². The Morgan fingerprint density at radius 2 is 1.92 bits per heavy atom. The van der Waals surface area contributed by atoms with Gasteiger partial charge in [-0.05, 0) is 76.6 Å². The SMILES string of the molecule is COc1nc(Nc2cc(C)cc(-c3cnc(C4(O)CCC(C(=O)OC(C)(C)C)CC4)s3)c2)ncc1F. The lowest BCUT2D eigenvalue weighted by molar-refractivity contribution is -0.163. The molecule has 192 valence electrons. The molecule has 4 rings (SSSR count). The summed E-state index contributed by atoms with van der Waals surface area (Å²) in [6.45, 7) is 7.54. The zero-order valence-electron chi connectivity index (χ0n) is 21.1. The van der Waals surface area contributed by atoms with E-state index < -0.39 is 17.0 Å². The average Bonchev–Trinajstić information content (AvgIpc) is 3.31. The molecule has 3 aromatic rings. The smallest absolute Gasteiger partial charge is 0.309 e. The molecule has 0 unspecified atom stereocenters. The van der Waals surface area contributed by atoms with Gasteiger partial charge in [-0.3, -0.25) is 4.79 Å². The zero-order valence-corrected chi connectivity index (χ0v) is 21.9. The molecule has 10 heteroatoms. The second-order valence-corrected chi connectivity index (χ2v) is 11.2. The summed E-state index contributed by atoms with van der Waals surface area (Å²) < 4.78 is 24.1. The molecule has 2 N–H and O–H groups in total. The van der Waals surface area contributed by atoms with Crippen molar-refractivity contribution in [2.75, 3.05) is 12.4 Å². The van der Waals surface area contributed by atoms with Gasteiger partial charge in [-0.2, -0.15) is 9.37 Å². The molecule has 2 aromatic heterocycles. The van der Waals surface area contributed by atoms with Crippen LogP contribution in [0.5, 0.6) is 5.88 Å². The molecule has 8 nitrogen and oxygen atoms in total. The summed E-state index contributed by atoms with van der Waals surface area (Å²) in [6, 6.07) is 5.88. The van der Waals surface area contributed by atoms with E-state index in [-0.39, 0.29) is 23.7 Å². The van der Waals surface area contributed by atoms with Gasteiger partial charge in [0.2, 0.25) is 11.8 Å². The number of nitrogens with one attached hydrogen (secondary N) is 1. The molecule has 2 heterocycles. The van der Waals surface area contributed by atoms with Crippen LogP contribution in [0.1, 0.15) is 57.0 Å². The molecule has 0 bridgehead atoms. The zero-order chi connectivity index (χ0) is 26.1.